The predicted molar refractivity (Wildman–Crippen MR) is 22.3 cm³/mol. The fourth-order valence-electron chi connectivity index (χ4n) is 0.241. The van der Waals surface area contributed by atoms with Crippen LogP contribution in [0.2, 0.25) is 0 Å². The molecule has 0 saturated heterocycles. The minimum absolute atomic E-state index is 1.75. The lowest BCUT2D eigenvalue weighted by Crippen LogP contribution is -1.87. The molecule has 0 aliphatic heterocycles. The van der Waals surface area contributed by atoms with Crippen LogP contribution in [-0.4, -0.2) is 4.98 Å². The molecule has 0 bridgehead atoms. The molecule has 7 heavy (non-hydrogen) atoms. The summed E-state index contributed by atoms with van der Waals surface area (Å²) in [5.74, 6) is 0. The molecule has 0 aliphatic carbocycles. The van der Waals surface area contributed by atoms with Gasteiger partial charge in [-0.1, -0.05) is 0 Å². The second-order valence-corrected chi connectivity index (χ2v) is 0.811. The average molecular weight is 95.1 g/mol. The van der Waals surface area contributed by atoms with Crippen LogP contribution in [0, 0.1) is 11.8 Å². The first-order valence-corrected chi connectivity index (χ1v) is 1.71. The Hall–Kier alpha value is -1.30. The summed E-state index contributed by atoms with van der Waals surface area (Å²) in [6.45, 7) is 4.75. The van der Waals surface area contributed by atoms with Crippen molar-refractivity contribution in [2.24, 2.45) is 0 Å². The Labute approximate surface area is 41.6 Å². The number of aromatic nitrogens is 2. The van der Waals surface area contributed by atoms with Gasteiger partial charge in [-0.2, -0.15) is 0 Å². The third kappa shape index (κ3) is 2.50. The molecule has 0 fully saturated rings. The molecule has 0 aromatic carbocycles. The number of imidazole rings is 1. The van der Waals surface area contributed by atoms with E-state index in [9.17, 15) is 0 Å². The number of nitrogens with zero attached hydrogens (tertiary/aromatic N) is 1. The number of hydrogen-bond donors (Lipinski definition) is 1. The summed E-state index contributed by atoms with van der Waals surface area (Å²) >= 11 is 0. The van der Waals surface area contributed by atoms with E-state index in [1.54, 1.807) is 6.33 Å². The lowest BCUT2D eigenvalue weighted by molar-refractivity contribution is -0.375. The highest BCUT2D eigenvalue weighted by atomic mass is 14.8. The summed E-state index contributed by atoms with van der Waals surface area (Å²) in [6, 6.07) is 0. The zero-order valence-electron chi connectivity index (χ0n) is 3.68. The van der Waals surface area contributed by atoms with Crippen LogP contribution in [0.1, 0.15) is 0 Å². The van der Waals surface area contributed by atoms with E-state index in [-0.39, 0.29) is 0 Å². The number of aromatic amines is 2. The van der Waals surface area contributed by atoms with Crippen LogP contribution in [0.5, 0.6) is 0 Å². The van der Waals surface area contributed by atoms with Crippen molar-refractivity contribution in [2.75, 3.05) is 0 Å². The topological polar surface area (TPSA) is 53.7 Å². The molecule has 0 unspecified atom stereocenters. The van der Waals surface area contributed by atoms with Crippen molar-refractivity contribution in [1.29, 1.82) is 5.26 Å². The molecule has 0 amide bonds. The van der Waals surface area contributed by atoms with Crippen molar-refractivity contribution >= 4 is 0 Å². The molecular formula is C4H5N3. The molecule has 1 heterocycles. The maximum atomic E-state index is 6.25. The summed E-state index contributed by atoms with van der Waals surface area (Å²) in [5, 5.41) is 6.25. The molecule has 3 nitrogen and oxygen atoms in total. The van der Waals surface area contributed by atoms with Crippen molar-refractivity contribution < 1.29 is 4.98 Å². The van der Waals surface area contributed by atoms with Gasteiger partial charge in [-0.3, -0.25) is 9.97 Å². The van der Waals surface area contributed by atoms with Crippen LogP contribution in [0.4, 0.5) is 0 Å². The molecule has 36 valence electrons. The monoisotopic (exact) mass is 95.0 g/mol. The quantitative estimate of drug-likeness (QED) is 0.450. The van der Waals surface area contributed by atoms with Crippen molar-refractivity contribution in [2.45, 2.75) is 0 Å². The van der Waals surface area contributed by atoms with Gasteiger partial charge in [0.15, 0.2) is 0 Å². The second kappa shape index (κ2) is 4.70. The first-order valence-electron chi connectivity index (χ1n) is 1.71. The van der Waals surface area contributed by atoms with Gasteiger partial charge in [0.2, 0.25) is 6.33 Å². The van der Waals surface area contributed by atoms with Crippen molar-refractivity contribution in [3.05, 3.63) is 25.3 Å². The van der Waals surface area contributed by atoms with Crippen molar-refractivity contribution in [3.63, 3.8) is 0 Å². The number of hydrogen-bond acceptors (Lipinski definition) is 1. The molecule has 1 rings (SSSR count). The van der Waals surface area contributed by atoms with Gasteiger partial charge in [-0.15, -0.1) is 0 Å². The largest absolute Gasteiger partial charge is 0.512 e. The summed E-state index contributed by atoms with van der Waals surface area (Å²) < 4.78 is 0. The van der Waals surface area contributed by atoms with Crippen LogP contribution in [-0.2, 0) is 0 Å². The predicted octanol–water partition coefficient (Wildman–Crippen LogP) is -0.0748. The number of rotatable bonds is 0. The highest BCUT2D eigenvalue weighted by Gasteiger charge is 1.65. The van der Waals surface area contributed by atoms with E-state index in [0.717, 1.165) is 0 Å². The van der Waals surface area contributed by atoms with Gasteiger partial charge in [0, 0.05) is 0 Å². The SMILES string of the molecule is [C-]#N.c1c[nH+]c[nH]1. The Morgan fingerprint density at radius 1 is 1.57 bits per heavy atom. The maximum absolute atomic E-state index is 6.25. The second-order valence-electron chi connectivity index (χ2n) is 0.811. The fourth-order valence-corrected chi connectivity index (χ4v) is 0.241. The van der Waals surface area contributed by atoms with Gasteiger partial charge in [0.1, 0.15) is 12.4 Å². The standard InChI is InChI=1S/C3H4N2.CN/c1-2-5-3-4-1;1-2/h1-3H,(H,4,5);/q;-1/p+1. The van der Waals surface area contributed by atoms with E-state index in [1.165, 1.54) is 0 Å². The Balaban J connectivity index is 0.000000162. The van der Waals surface area contributed by atoms with Crippen molar-refractivity contribution in [3.8, 4) is 0 Å². The van der Waals surface area contributed by atoms with Crippen molar-refractivity contribution in [1.82, 2.24) is 4.98 Å². The zero-order valence-corrected chi connectivity index (χ0v) is 3.68. The minimum Gasteiger partial charge on any atom is -0.512 e. The zero-order chi connectivity index (χ0) is 5.54. The van der Waals surface area contributed by atoms with Crippen LogP contribution < -0.4 is 4.98 Å². The van der Waals surface area contributed by atoms with Gasteiger partial charge in [-0.05, 0) is 0 Å². The van der Waals surface area contributed by atoms with Crippen LogP contribution in [0.25, 0.3) is 0 Å². The Morgan fingerprint density at radius 3 is 2.43 bits per heavy atom. The molecule has 0 spiro atoms. The van der Waals surface area contributed by atoms with Gasteiger partial charge in [0.05, 0.1) is 0 Å². The summed E-state index contributed by atoms with van der Waals surface area (Å²) in [5.41, 5.74) is 0. The molecule has 3 heteroatoms. The van der Waals surface area contributed by atoms with Gasteiger partial charge < -0.3 is 11.8 Å². The van der Waals surface area contributed by atoms with E-state index < -0.39 is 0 Å². The molecule has 1 aromatic heterocycles. The highest BCUT2D eigenvalue weighted by Crippen LogP contribution is 1.53. The summed E-state index contributed by atoms with van der Waals surface area (Å²) in [6.07, 6.45) is 5.39. The first-order chi connectivity index (χ1) is 3.50. The minimum atomic E-state index is 1.75. The van der Waals surface area contributed by atoms with Gasteiger partial charge in [-0.25, -0.2) is 0 Å². The number of nitrogens with one attached hydrogen (secondary N) is 2. The van der Waals surface area contributed by atoms with Gasteiger partial charge >= 0.3 is 0 Å². The Bertz CT molecular complexity index is 90.5. The van der Waals surface area contributed by atoms with E-state index >= 15 is 0 Å². The molecule has 0 saturated carbocycles. The Morgan fingerprint density at radius 2 is 2.29 bits per heavy atom. The normalized spacial score (nSPS) is 6.00. The molecular weight excluding hydrogens is 90.1 g/mol. The van der Waals surface area contributed by atoms with E-state index in [2.05, 4.69) is 9.97 Å². The molecule has 0 aliphatic rings. The van der Waals surface area contributed by atoms with E-state index in [0.29, 0.717) is 0 Å². The van der Waals surface area contributed by atoms with Crippen LogP contribution in [0.15, 0.2) is 18.7 Å². The summed E-state index contributed by atoms with van der Waals surface area (Å²) in [7, 11) is 0. The van der Waals surface area contributed by atoms with E-state index in [4.69, 9.17) is 11.8 Å². The number of H-pyrrole nitrogens is 2. The maximum Gasteiger partial charge on any atom is 0.239 e. The van der Waals surface area contributed by atoms with Crippen LogP contribution >= 0.6 is 0 Å². The third-order valence-electron chi connectivity index (χ3n) is 0.442. The van der Waals surface area contributed by atoms with E-state index in [1.807, 2.05) is 12.4 Å². The highest BCUT2D eigenvalue weighted by molar-refractivity contribution is 4.52. The van der Waals surface area contributed by atoms with Crippen LogP contribution in [0.3, 0.4) is 0 Å². The summed E-state index contributed by atoms with van der Waals surface area (Å²) in [4.78, 5) is 5.61. The molecule has 0 atom stereocenters. The fraction of sp³-hybridized carbons (Fsp3) is 0. The first kappa shape index (κ1) is 5.70. The smallest absolute Gasteiger partial charge is 0.239 e. The molecule has 2 N–H and O–H groups in total. The van der Waals surface area contributed by atoms with Gasteiger partial charge in [0.25, 0.3) is 0 Å². The average Bonchev–Trinajstić information content (AvgIpc) is 2.23. The Kier molecular flexibility index (Phi) is 3.83. The molecule has 0 radical (unpaired) electrons. The molecule has 1 aromatic rings. The third-order valence-corrected chi connectivity index (χ3v) is 0.442. The lowest BCUT2D eigenvalue weighted by atomic mass is 11.0. The lowest BCUT2D eigenvalue weighted by Gasteiger charge is -1.37.